The minimum atomic E-state index is 0.448. The first-order valence-electron chi connectivity index (χ1n) is 5.60. The standard InChI is InChI=1S/C12H17N3S/c1-8-5-9(2)15(7-8)11-6-14-4-3-10(11)12(13)16/h3-4,6,8-9H,5,7H2,1-2H3,(H2,13,16). The normalized spacial score (nSPS) is 24.8. The summed E-state index contributed by atoms with van der Waals surface area (Å²) in [5, 5.41) is 0. The molecule has 0 aliphatic carbocycles. The first-order chi connectivity index (χ1) is 7.59. The van der Waals surface area contributed by atoms with E-state index in [0.29, 0.717) is 11.0 Å². The van der Waals surface area contributed by atoms with E-state index in [-0.39, 0.29) is 0 Å². The second-order valence-corrected chi connectivity index (χ2v) is 5.04. The average Bonchev–Trinajstić information content (AvgIpc) is 2.57. The van der Waals surface area contributed by atoms with Crippen LogP contribution in [0.1, 0.15) is 25.8 Å². The Labute approximate surface area is 102 Å². The summed E-state index contributed by atoms with van der Waals surface area (Å²) in [6.07, 6.45) is 4.82. The quantitative estimate of drug-likeness (QED) is 0.796. The number of anilines is 1. The molecule has 1 aromatic rings. The molecule has 1 aromatic heterocycles. The van der Waals surface area contributed by atoms with Crippen molar-refractivity contribution in [1.82, 2.24) is 4.98 Å². The summed E-state index contributed by atoms with van der Waals surface area (Å²) in [5.41, 5.74) is 7.75. The lowest BCUT2D eigenvalue weighted by molar-refractivity contribution is 0.625. The van der Waals surface area contributed by atoms with Gasteiger partial charge in [-0.05, 0) is 25.3 Å². The Balaban J connectivity index is 2.36. The number of rotatable bonds is 2. The highest BCUT2D eigenvalue weighted by atomic mass is 32.1. The summed E-state index contributed by atoms with van der Waals surface area (Å²) in [6, 6.07) is 2.43. The summed E-state index contributed by atoms with van der Waals surface area (Å²) in [6.45, 7) is 5.57. The highest BCUT2D eigenvalue weighted by Crippen LogP contribution is 2.30. The van der Waals surface area contributed by atoms with Crippen LogP contribution in [0.2, 0.25) is 0 Å². The third kappa shape index (κ3) is 2.02. The van der Waals surface area contributed by atoms with Gasteiger partial charge in [0.05, 0.1) is 11.9 Å². The molecule has 2 unspecified atom stereocenters. The highest BCUT2D eigenvalue weighted by Gasteiger charge is 2.28. The van der Waals surface area contributed by atoms with Gasteiger partial charge in [-0.15, -0.1) is 0 Å². The Bertz CT molecular complexity index is 405. The van der Waals surface area contributed by atoms with Gasteiger partial charge in [0.25, 0.3) is 0 Å². The summed E-state index contributed by atoms with van der Waals surface area (Å²) in [4.78, 5) is 6.98. The van der Waals surface area contributed by atoms with Gasteiger partial charge in [-0.1, -0.05) is 19.1 Å². The van der Waals surface area contributed by atoms with E-state index in [1.54, 1.807) is 6.20 Å². The minimum absolute atomic E-state index is 0.448. The number of hydrogen-bond acceptors (Lipinski definition) is 3. The van der Waals surface area contributed by atoms with Crippen LogP contribution in [0.5, 0.6) is 0 Å². The van der Waals surface area contributed by atoms with Crippen LogP contribution < -0.4 is 10.6 Å². The van der Waals surface area contributed by atoms with E-state index in [9.17, 15) is 0 Å². The van der Waals surface area contributed by atoms with E-state index in [0.717, 1.165) is 23.7 Å². The average molecular weight is 235 g/mol. The molecule has 1 fully saturated rings. The molecule has 4 heteroatoms. The molecule has 1 saturated heterocycles. The first-order valence-corrected chi connectivity index (χ1v) is 6.01. The summed E-state index contributed by atoms with van der Waals surface area (Å²) in [5.74, 6) is 0.717. The van der Waals surface area contributed by atoms with Crippen molar-refractivity contribution in [2.75, 3.05) is 11.4 Å². The van der Waals surface area contributed by atoms with Gasteiger partial charge in [0.1, 0.15) is 4.99 Å². The number of nitrogens with zero attached hydrogens (tertiary/aromatic N) is 2. The van der Waals surface area contributed by atoms with Crippen LogP contribution in [-0.2, 0) is 0 Å². The molecule has 1 aliphatic heterocycles. The highest BCUT2D eigenvalue weighted by molar-refractivity contribution is 7.80. The fourth-order valence-electron chi connectivity index (χ4n) is 2.46. The zero-order valence-corrected chi connectivity index (χ0v) is 10.5. The Morgan fingerprint density at radius 3 is 2.88 bits per heavy atom. The van der Waals surface area contributed by atoms with E-state index in [1.165, 1.54) is 6.42 Å². The maximum Gasteiger partial charge on any atom is 0.106 e. The van der Waals surface area contributed by atoms with Gasteiger partial charge in [0, 0.05) is 24.3 Å². The molecule has 0 radical (unpaired) electrons. The molecular formula is C12H17N3S. The predicted molar refractivity (Wildman–Crippen MR) is 70.7 cm³/mol. The van der Waals surface area contributed by atoms with Gasteiger partial charge >= 0.3 is 0 Å². The van der Waals surface area contributed by atoms with Gasteiger partial charge < -0.3 is 10.6 Å². The third-order valence-corrected chi connectivity index (χ3v) is 3.38. The molecule has 0 aromatic carbocycles. The van der Waals surface area contributed by atoms with Crippen molar-refractivity contribution in [1.29, 1.82) is 0 Å². The molecule has 3 nitrogen and oxygen atoms in total. The SMILES string of the molecule is CC1CC(C)N(c2cnccc2C(N)=S)C1. The van der Waals surface area contributed by atoms with Crippen molar-refractivity contribution in [2.24, 2.45) is 11.7 Å². The van der Waals surface area contributed by atoms with Crippen LogP contribution in [0, 0.1) is 5.92 Å². The molecule has 2 N–H and O–H groups in total. The number of hydrogen-bond donors (Lipinski definition) is 1. The zero-order chi connectivity index (χ0) is 11.7. The number of pyridine rings is 1. The topological polar surface area (TPSA) is 42.2 Å². The van der Waals surface area contributed by atoms with Crippen LogP contribution in [0.3, 0.4) is 0 Å². The summed E-state index contributed by atoms with van der Waals surface area (Å²) >= 11 is 5.08. The molecular weight excluding hydrogens is 218 g/mol. The molecule has 0 spiro atoms. The Morgan fingerprint density at radius 2 is 2.31 bits per heavy atom. The lowest BCUT2D eigenvalue weighted by atomic mass is 10.1. The Hall–Kier alpha value is -1.16. The van der Waals surface area contributed by atoms with Gasteiger partial charge in [0.15, 0.2) is 0 Å². The maximum absolute atomic E-state index is 5.74. The van der Waals surface area contributed by atoms with Crippen LogP contribution in [0.4, 0.5) is 5.69 Å². The molecule has 2 atom stereocenters. The van der Waals surface area contributed by atoms with Gasteiger partial charge in [-0.25, -0.2) is 0 Å². The number of thiocarbonyl (C=S) groups is 1. The van der Waals surface area contributed by atoms with Crippen molar-refractivity contribution in [3.8, 4) is 0 Å². The maximum atomic E-state index is 5.74. The Morgan fingerprint density at radius 1 is 1.56 bits per heavy atom. The molecule has 86 valence electrons. The lowest BCUT2D eigenvalue weighted by Gasteiger charge is -2.25. The van der Waals surface area contributed by atoms with Crippen molar-refractivity contribution in [3.05, 3.63) is 24.0 Å². The van der Waals surface area contributed by atoms with E-state index in [4.69, 9.17) is 18.0 Å². The van der Waals surface area contributed by atoms with E-state index < -0.39 is 0 Å². The number of nitrogens with two attached hydrogens (primary N) is 1. The van der Waals surface area contributed by atoms with Crippen molar-refractivity contribution in [2.45, 2.75) is 26.3 Å². The second kappa shape index (κ2) is 4.37. The molecule has 0 amide bonds. The van der Waals surface area contributed by atoms with Crippen LogP contribution in [0.15, 0.2) is 18.5 Å². The second-order valence-electron chi connectivity index (χ2n) is 4.60. The summed E-state index contributed by atoms with van der Waals surface area (Å²) < 4.78 is 0. The monoisotopic (exact) mass is 235 g/mol. The molecule has 2 rings (SSSR count). The smallest absolute Gasteiger partial charge is 0.106 e. The third-order valence-electron chi connectivity index (χ3n) is 3.16. The van der Waals surface area contributed by atoms with Gasteiger partial charge in [0.2, 0.25) is 0 Å². The zero-order valence-electron chi connectivity index (χ0n) is 9.68. The van der Waals surface area contributed by atoms with Crippen LogP contribution in [0.25, 0.3) is 0 Å². The van der Waals surface area contributed by atoms with E-state index in [2.05, 4.69) is 23.7 Å². The Kier molecular flexibility index (Phi) is 3.10. The van der Waals surface area contributed by atoms with E-state index >= 15 is 0 Å². The van der Waals surface area contributed by atoms with E-state index in [1.807, 2.05) is 12.3 Å². The fourth-order valence-corrected chi connectivity index (χ4v) is 2.63. The van der Waals surface area contributed by atoms with Crippen molar-refractivity contribution >= 4 is 22.9 Å². The lowest BCUT2D eigenvalue weighted by Crippen LogP contribution is -2.29. The molecule has 0 bridgehead atoms. The van der Waals surface area contributed by atoms with Gasteiger partial charge in [-0.2, -0.15) is 0 Å². The minimum Gasteiger partial charge on any atom is -0.389 e. The first kappa shape index (κ1) is 11.3. The predicted octanol–water partition coefficient (Wildman–Crippen LogP) is 1.95. The van der Waals surface area contributed by atoms with Crippen LogP contribution >= 0.6 is 12.2 Å². The molecule has 2 heterocycles. The summed E-state index contributed by atoms with van der Waals surface area (Å²) in [7, 11) is 0. The molecule has 1 aliphatic rings. The largest absolute Gasteiger partial charge is 0.389 e. The fraction of sp³-hybridized carbons (Fsp3) is 0.500. The van der Waals surface area contributed by atoms with Gasteiger partial charge in [-0.3, -0.25) is 4.98 Å². The van der Waals surface area contributed by atoms with Crippen LogP contribution in [-0.4, -0.2) is 22.6 Å². The molecule has 0 saturated carbocycles. The molecule has 16 heavy (non-hydrogen) atoms. The van der Waals surface area contributed by atoms with Crippen molar-refractivity contribution < 1.29 is 0 Å². The van der Waals surface area contributed by atoms with Crippen molar-refractivity contribution in [3.63, 3.8) is 0 Å². The number of aromatic nitrogens is 1.